The second-order valence-corrected chi connectivity index (χ2v) is 10.9. The molecular weight excluding hydrogens is 491 g/mol. The Hall–Kier alpha value is -1.97. The van der Waals surface area contributed by atoms with Crippen molar-refractivity contribution >= 4 is 66.2 Å². The van der Waals surface area contributed by atoms with Gasteiger partial charge in [0, 0.05) is 15.7 Å². The minimum Gasteiger partial charge on any atom is -0.280 e. The van der Waals surface area contributed by atoms with Gasteiger partial charge >= 0.3 is 0 Å². The zero-order valence-corrected chi connectivity index (χ0v) is 19.3. The second-order valence-electron chi connectivity index (χ2n) is 6.27. The SMILES string of the molecule is Cc1ccc(NS(=O)(=O)c2ccc(NS(=O)(=O)c3cc(Cl)ccc3Cl)cc2)cc1Cl. The zero-order valence-electron chi connectivity index (χ0n) is 15.4. The second kappa shape index (κ2) is 8.64. The molecule has 0 fully saturated rings. The molecule has 0 unspecified atom stereocenters. The minimum absolute atomic E-state index is 0.00653. The normalized spacial score (nSPS) is 11.9. The fourth-order valence-electron chi connectivity index (χ4n) is 2.47. The van der Waals surface area contributed by atoms with Crippen LogP contribution in [0.4, 0.5) is 11.4 Å². The minimum atomic E-state index is -4.02. The van der Waals surface area contributed by atoms with Crippen LogP contribution in [0.3, 0.4) is 0 Å². The van der Waals surface area contributed by atoms with E-state index in [9.17, 15) is 16.8 Å². The number of aryl methyl sites for hydroxylation is 1. The van der Waals surface area contributed by atoms with Gasteiger partial charge in [0.25, 0.3) is 20.0 Å². The molecule has 0 radical (unpaired) electrons. The van der Waals surface area contributed by atoms with Gasteiger partial charge in [0.1, 0.15) is 4.90 Å². The molecule has 0 bridgehead atoms. The molecule has 0 aromatic heterocycles. The maximum atomic E-state index is 12.6. The quantitative estimate of drug-likeness (QED) is 0.459. The van der Waals surface area contributed by atoms with Gasteiger partial charge in [0.2, 0.25) is 0 Å². The van der Waals surface area contributed by atoms with Crippen molar-refractivity contribution in [1.29, 1.82) is 0 Å². The molecule has 30 heavy (non-hydrogen) atoms. The smallest absolute Gasteiger partial charge is 0.263 e. The van der Waals surface area contributed by atoms with Crippen LogP contribution in [0.2, 0.25) is 15.1 Å². The lowest BCUT2D eigenvalue weighted by Crippen LogP contribution is -2.15. The van der Waals surface area contributed by atoms with E-state index < -0.39 is 20.0 Å². The Labute approximate surface area is 189 Å². The fourth-order valence-corrected chi connectivity index (χ4v) is 5.52. The lowest BCUT2D eigenvalue weighted by Gasteiger charge is -2.12. The molecule has 2 N–H and O–H groups in total. The van der Waals surface area contributed by atoms with Crippen molar-refractivity contribution in [3.8, 4) is 0 Å². The third kappa shape index (κ3) is 5.19. The van der Waals surface area contributed by atoms with E-state index in [1.165, 1.54) is 48.5 Å². The molecule has 0 saturated carbocycles. The molecule has 0 aliphatic carbocycles. The fraction of sp³-hybridized carbons (Fsp3) is 0.0526. The van der Waals surface area contributed by atoms with E-state index >= 15 is 0 Å². The summed E-state index contributed by atoms with van der Waals surface area (Å²) in [7, 11) is -7.91. The molecule has 158 valence electrons. The summed E-state index contributed by atoms with van der Waals surface area (Å²) in [6.07, 6.45) is 0. The maximum Gasteiger partial charge on any atom is 0.263 e. The summed E-state index contributed by atoms with van der Waals surface area (Å²) in [4.78, 5) is -0.241. The average Bonchev–Trinajstić information content (AvgIpc) is 2.66. The Balaban J connectivity index is 1.81. The van der Waals surface area contributed by atoms with Gasteiger partial charge in [-0.05, 0) is 67.1 Å². The Morgan fingerprint density at radius 2 is 1.27 bits per heavy atom. The zero-order chi connectivity index (χ0) is 22.1. The molecule has 0 amide bonds. The van der Waals surface area contributed by atoms with Crippen LogP contribution in [0.25, 0.3) is 0 Å². The predicted octanol–water partition coefficient (Wildman–Crippen LogP) is 5.56. The van der Waals surface area contributed by atoms with Gasteiger partial charge in [-0.15, -0.1) is 0 Å². The van der Waals surface area contributed by atoms with E-state index in [1.54, 1.807) is 19.1 Å². The Kier molecular flexibility index (Phi) is 6.54. The van der Waals surface area contributed by atoms with Crippen LogP contribution >= 0.6 is 34.8 Å². The van der Waals surface area contributed by atoms with Crippen molar-refractivity contribution in [3.05, 3.63) is 81.3 Å². The van der Waals surface area contributed by atoms with E-state index in [4.69, 9.17) is 34.8 Å². The van der Waals surface area contributed by atoms with Gasteiger partial charge in [0.05, 0.1) is 15.6 Å². The van der Waals surface area contributed by atoms with E-state index in [0.29, 0.717) is 10.7 Å². The third-order valence-corrected chi connectivity index (χ3v) is 7.93. The molecular formula is C19H15Cl3N2O4S2. The third-order valence-electron chi connectivity index (χ3n) is 4.02. The highest BCUT2D eigenvalue weighted by Crippen LogP contribution is 2.28. The summed E-state index contributed by atoms with van der Waals surface area (Å²) in [5.74, 6) is 0. The number of nitrogens with one attached hydrogen (secondary N) is 2. The van der Waals surface area contributed by atoms with Crippen LogP contribution in [0.1, 0.15) is 5.56 Å². The largest absolute Gasteiger partial charge is 0.280 e. The first-order valence-electron chi connectivity index (χ1n) is 8.35. The van der Waals surface area contributed by atoms with Crippen LogP contribution in [0.15, 0.2) is 70.5 Å². The topological polar surface area (TPSA) is 92.3 Å². The number of benzene rings is 3. The van der Waals surface area contributed by atoms with Crippen molar-refractivity contribution in [2.45, 2.75) is 16.7 Å². The first-order chi connectivity index (χ1) is 14.0. The van der Waals surface area contributed by atoms with E-state index in [-0.39, 0.29) is 25.5 Å². The number of hydrogen-bond donors (Lipinski definition) is 2. The van der Waals surface area contributed by atoms with Gasteiger partial charge in [-0.2, -0.15) is 0 Å². The van der Waals surface area contributed by atoms with E-state index in [2.05, 4.69) is 9.44 Å². The molecule has 3 aromatic carbocycles. The average molecular weight is 506 g/mol. The van der Waals surface area contributed by atoms with Crippen LogP contribution in [-0.2, 0) is 20.0 Å². The van der Waals surface area contributed by atoms with E-state index in [1.807, 2.05) is 0 Å². The Morgan fingerprint density at radius 1 is 0.667 bits per heavy atom. The highest BCUT2D eigenvalue weighted by Gasteiger charge is 2.20. The predicted molar refractivity (Wildman–Crippen MR) is 121 cm³/mol. The van der Waals surface area contributed by atoms with Crippen LogP contribution in [0.5, 0.6) is 0 Å². The number of anilines is 2. The number of rotatable bonds is 6. The van der Waals surface area contributed by atoms with Crippen molar-refractivity contribution < 1.29 is 16.8 Å². The number of hydrogen-bond acceptors (Lipinski definition) is 4. The standard InChI is InChI=1S/C19H15Cl3N2O4S2/c1-12-2-4-15(11-18(12)22)24-29(25,26)16-7-5-14(6-8-16)23-30(27,28)19-10-13(20)3-9-17(19)21/h2-11,23-24H,1H3. The van der Waals surface area contributed by atoms with Crippen molar-refractivity contribution in [2.24, 2.45) is 0 Å². The van der Waals surface area contributed by atoms with Crippen LogP contribution in [-0.4, -0.2) is 16.8 Å². The van der Waals surface area contributed by atoms with Crippen LogP contribution in [0, 0.1) is 6.92 Å². The molecule has 6 nitrogen and oxygen atoms in total. The van der Waals surface area contributed by atoms with Crippen molar-refractivity contribution in [3.63, 3.8) is 0 Å². The molecule has 3 aromatic rings. The highest BCUT2D eigenvalue weighted by molar-refractivity contribution is 7.93. The number of halogens is 3. The lowest BCUT2D eigenvalue weighted by atomic mass is 10.2. The summed E-state index contributed by atoms with van der Waals surface area (Å²) in [5.41, 5.74) is 1.28. The molecule has 0 saturated heterocycles. The van der Waals surface area contributed by atoms with Gasteiger partial charge in [-0.3, -0.25) is 9.44 Å². The molecule has 0 atom stereocenters. The summed E-state index contributed by atoms with van der Waals surface area (Å²) in [5, 5.41) is 0.648. The summed E-state index contributed by atoms with van der Waals surface area (Å²) in [6.45, 7) is 1.80. The first-order valence-corrected chi connectivity index (χ1v) is 12.4. The first kappa shape index (κ1) is 22.7. The van der Waals surface area contributed by atoms with Gasteiger partial charge in [-0.25, -0.2) is 16.8 Å². The van der Waals surface area contributed by atoms with Crippen molar-refractivity contribution in [1.82, 2.24) is 0 Å². The summed E-state index contributed by atoms with van der Waals surface area (Å²) < 4.78 is 55.0. The lowest BCUT2D eigenvalue weighted by molar-refractivity contribution is 0.600. The Morgan fingerprint density at radius 3 is 1.90 bits per heavy atom. The van der Waals surface area contributed by atoms with Gasteiger partial charge in [-0.1, -0.05) is 40.9 Å². The van der Waals surface area contributed by atoms with Crippen LogP contribution < -0.4 is 9.44 Å². The van der Waals surface area contributed by atoms with Gasteiger partial charge in [0.15, 0.2) is 0 Å². The number of sulfonamides is 2. The van der Waals surface area contributed by atoms with E-state index in [0.717, 1.165) is 5.56 Å². The Bertz CT molecular complexity index is 1310. The molecule has 11 heteroatoms. The maximum absolute atomic E-state index is 12.6. The molecule has 0 heterocycles. The highest BCUT2D eigenvalue weighted by atomic mass is 35.5. The molecule has 0 aliphatic heterocycles. The van der Waals surface area contributed by atoms with Crippen molar-refractivity contribution in [2.75, 3.05) is 9.44 Å². The monoisotopic (exact) mass is 504 g/mol. The summed E-state index contributed by atoms with van der Waals surface area (Å²) in [6, 6.07) is 14.1. The molecule has 0 aliphatic rings. The summed E-state index contributed by atoms with van der Waals surface area (Å²) >= 11 is 17.8. The molecule has 3 rings (SSSR count). The molecule has 0 spiro atoms. The van der Waals surface area contributed by atoms with Gasteiger partial charge < -0.3 is 0 Å².